The maximum Gasteiger partial charge on any atom is 0.416 e. The third kappa shape index (κ3) is 2.58. The number of carboxylic acids is 1. The summed E-state index contributed by atoms with van der Waals surface area (Å²) in [5.41, 5.74) is -0.796. The maximum absolute atomic E-state index is 12.5. The zero-order valence-electron chi connectivity index (χ0n) is 10.2. The number of carboxylic acid groups (broad SMARTS) is 1. The largest absolute Gasteiger partial charge is 0.481 e. The summed E-state index contributed by atoms with van der Waals surface area (Å²) in [7, 11) is 1.31. The number of hydrogen-bond donors (Lipinski definition) is 1. The Morgan fingerprint density at radius 1 is 1.30 bits per heavy atom. The average Bonchev–Trinajstić information content (AvgIpc) is 2.82. The number of methoxy groups -OCH3 is 1. The molecule has 1 aromatic heterocycles. The monoisotopic (exact) mass is 286 g/mol. The van der Waals surface area contributed by atoms with Gasteiger partial charge in [0.1, 0.15) is 0 Å². The Bertz CT molecular complexity index is 632. The Hall–Kier alpha value is -2.51. The van der Waals surface area contributed by atoms with Crippen LogP contribution in [0.4, 0.5) is 13.2 Å². The van der Waals surface area contributed by atoms with E-state index >= 15 is 0 Å². The number of alkyl halides is 3. The summed E-state index contributed by atoms with van der Waals surface area (Å²) in [5, 5.41) is 12.6. The first-order chi connectivity index (χ1) is 9.32. The molecule has 0 saturated heterocycles. The lowest BCUT2D eigenvalue weighted by atomic mass is 10.2. The van der Waals surface area contributed by atoms with Crippen LogP contribution in [0.15, 0.2) is 30.3 Å². The highest BCUT2D eigenvalue weighted by Crippen LogP contribution is 2.30. The minimum absolute atomic E-state index is 0.113. The van der Waals surface area contributed by atoms with Gasteiger partial charge in [0.25, 0.3) is 0 Å². The van der Waals surface area contributed by atoms with Gasteiger partial charge in [0, 0.05) is 6.07 Å². The van der Waals surface area contributed by atoms with Gasteiger partial charge in [-0.25, -0.2) is 9.48 Å². The van der Waals surface area contributed by atoms with Crippen LogP contribution in [-0.4, -0.2) is 28.0 Å². The first-order valence-corrected chi connectivity index (χ1v) is 5.38. The number of aromatic nitrogens is 2. The van der Waals surface area contributed by atoms with Crippen molar-refractivity contribution in [3.05, 3.63) is 41.6 Å². The molecular weight excluding hydrogens is 277 g/mol. The molecule has 0 bridgehead atoms. The molecule has 106 valence electrons. The van der Waals surface area contributed by atoms with Gasteiger partial charge < -0.3 is 9.84 Å². The zero-order valence-corrected chi connectivity index (χ0v) is 10.2. The van der Waals surface area contributed by atoms with Gasteiger partial charge in [-0.05, 0) is 24.3 Å². The second kappa shape index (κ2) is 4.87. The predicted octanol–water partition coefficient (Wildman–Crippen LogP) is 2.60. The van der Waals surface area contributed by atoms with Gasteiger partial charge in [0.2, 0.25) is 5.88 Å². The molecule has 5 nitrogen and oxygen atoms in total. The second-order valence-electron chi connectivity index (χ2n) is 3.83. The fourth-order valence-corrected chi connectivity index (χ4v) is 1.59. The summed E-state index contributed by atoms with van der Waals surface area (Å²) in [6.45, 7) is 0. The van der Waals surface area contributed by atoms with Gasteiger partial charge >= 0.3 is 12.1 Å². The molecule has 1 aromatic carbocycles. The molecule has 2 rings (SSSR count). The van der Waals surface area contributed by atoms with Crippen LogP contribution in [0.1, 0.15) is 16.1 Å². The number of rotatable bonds is 3. The Labute approximate surface area is 111 Å². The molecule has 1 heterocycles. The van der Waals surface area contributed by atoms with E-state index < -0.39 is 17.7 Å². The van der Waals surface area contributed by atoms with E-state index in [1.165, 1.54) is 25.3 Å². The third-order valence-corrected chi connectivity index (χ3v) is 2.54. The smallest absolute Gasteiger partial charge is 0.416 e. The highest BCUT2D eigenvalue weighted by Gasteiger charge is 2.30. The van der Waals surface area contributed by atoms with Gasteiger partial charge in [-0.3, -0.25) is 0 Å². The summed E-state index contributed by atoms with van der Waals surface area (Å²) in [4.78, 5) is 10.8. The lowest BCUT2D eigenvalue weighted by Gasteiger charge is -2.09. The SMILES string of the molecule is COc1cc(C(=O)O)nn1-c1ccc(C(F)(F)F)cc1. The predicted molar refractivity (Wildman–Crippen MR) is 62.1 cm³/mol. The molecule has 0 spiro atoms. The van der Waals surface area contributed by atoms with Crippen molar-refractivity contribution in [1.82, 2.24) is 9.78 Å². The highest BCUT2D eigenvalue weighted by molar-refractivity contribution is 5.85. The standard InChI is InChI=1S/C12H9F3N2O3/c1-20-10-6-9(11(18)19)16-17(10)8-4-2-7(3-5-8)12(13,14)15/h2-6H,1H3,(H,18,19). The van der Waals surface area contributed by atoms with Crippen molar-refractivity contribution in [2.45, 2.75) is 6.18 Å². The normalized spacial score (nSPS) is 11.4. The fourth-order valence-electron chi connectivity index (χ4n) is 1.59. The summed E-state index contributed by atoms with van der Waals surface area (Å²) < 4.78 is 43.4. The van der Waals surface area contributed by atoms with Crippen LogP contribution >= 0.6 is 0 Å². The van der Waals surface area contributed by atoms with Gasteiger partial charge in [-0.15, -0.1) is 0 Å². The van der Waals surface area contributed by atoms with Gasteiger partial charge in [-0.1, -0.05) is 0 Å². The molecule has 2 aromatic rings. The van der Waals surface area contributed by atoms with Crippen molar-refractivity contribution >= 4 is 5.97 Å². The van der Waals surface area contributed by atoms with Crippen molar-refractivity contribution in [3.63, 3.8) is 0 Å². The number of nitrogens with zero attached hydrogens (tertiary/aromatic N) is 2. The van der Waals surface area contributed by atoms with Crippen molar-refractivity contribution in [3.8, 4) is 11.6 Å². The number of carbonyl (C=O) groups is 1. The third-order valence-electron chi connectivity index (χ3n) is 2.54. The molecule has 20 heavy (non-hydrogen) atoms. The molecule has 0 aliphatic heterocycles. The lowest BCUT2D eigenvalue weighted by molar-refractivity contribution is -0.137. The molecule has 8 heteroatoms. The molecule has 0 atom stereocenters. The van der Waals surface area contributed by atoms with Crippen molar-refractivity contribution in [2.75, 3.05) is 7.11 Å². The van der Waals surface area contributed by atoms with Crippen LogP contribution in [-0.2, 0) is 6.18 Å². The minimum atomic E-state index is -4.43. The van der Waals surface area contributed by atoms with E-state index in [1.807, 2.05) is 0 Å². The topological polar surface area (TPSA) is 64.3 Å². The zero-order chi connectivity index (χ0) is 14.9. The van der Waals surface area contributed by atoms with Gasteiger partial charge in [0.15, 0.2) is 5.69 Å². The number of halogens is 3. The Kier molecular flexibility index (Phi) is 3.39. The number of ether oxygens (including phenoxy) is 1. The van der Waals surface area contributed by atoms with Crippen LogP contribution < -0.4 is 4.74 Å². The van der Waals surface area contributed by atoms with Crippen LogP contribution in [0.25, 0.3) is 5.69 Å². The number of benzene rings is 1. The van der Waals surface area contributed by atoms with E-state index in [4.69, 9.17) is 9.84 Å². The summed E-state index contributed by atoms with van der Waals surface area (Å²) in [6.07, 6.45) is -4.43. The van der Waals surface area contributed by atoms with Crippen molar-refractivity contribution in [2.24, 2.45) is 0 Å². The molecule has 0 fully saturated rings. The fraction of sp³-hybridized carbons (Fsp3) is 0.167. The quantitative estimate of drug-likeness (QED) is 0.942. The number of hydrogen-bond acceptors (Lipinski definition) is 3. The summed E-state index contributed by atoms with van der Waals surface area (Å²) in [5.74, 6) is -1.14. The van der Waals surface area contributed by atoms with E-state index in [1.54, 1.807) is 0 Å². The summed E-state index contributed by atoms with van der Waals surface area (Å²) >= 11 is 0. The van der Waals surface area contributed by atoms with Crippen molar-refractivity contribution < 1.29 is 27.8 Å². The second-order valence-corrected chi connectivity index (χ2v) is 3.83. The lowest BCUT2D eigenvalue weighted by Crippen LogP contribution is -2.06. The Morgan fingerprint density at radius 2 is 1.90 bits per heavy atom. The van der Waals surface area contributed by atoms with E-state index in [2.05, 4.69) is 5.10 Å². The first-order valence-electron chi connectivity index (χ1n) is 5.38. The minimum Gasteiger partial charge on any atom is -0.481 e. The highest BCUT2D eigenvalue weighted by atomic mass is 19.4. The maximum atomic E-state index is 12.5. The first kappa shape index (κ1) is 13.9. The van der Waals surface area contributed by atoms with Crippen LogP contribution in [0.5, 0.6) is 5.88 Å². The van der Waals surface area contributed by atoms with Gasteiger partial charge in [-0.2, -0.15) is 18.3 Å². The van der Waals surface area contributed by atoms with E-state index in [0.29, 0.717) is 0 Å². The Balaban J connectivity index is 2.43. The molecule has 0 aliphatic carbocycles. The van der Waals surface area contributed by atoms with E-state index in [9.17, 15) is 18.0 Å². The van der Waals surface area contributed by atoms with E-state index in [0.717, 1.165) is 16.8 Å². The molecule has 1 N–H and O–H groups in total. The number of aromatic carboxylic acids is 1. The molecule has 0 unspecified atom stereocenters. The molecule has 0 amide bonds. The molecule has 0 radical (unpaired) electrons. The Morgan fingerprint density at radius 3 is 2.35 bits per heavy atom. The van der Waals surface area contributed by atoms with Crippen LogP contribution in [0.2, 0.25) is 0 Å². The summed E-state index contributed by atoms with van der Waals surface area (Å²) in [6, 6.07) is 5.32. The van der Waals surface area contributed by atoms with Crippen molar-refractivity contribution in [1.29, 1.82) is 0 Å². The molecule has 0 saturated carbocycles. The average molecular weight is 286 g/mol. The van der Waals surface area contributed by atoms with Crippen LogP contribution in [0.3, 0.4) is 0 Å². The van der Waals surface area contributed by atoms with Gasteiger partial charge in [0.05, 0.1) is 18.4 Å². The van der Waals surface area contributed by atoms with Crippen LogP contribution in [0, 0.1) is 0 Å². The molecule has 0 aliphatic rings. The molecular formula is C12H9F3N2O3. The van der Waals surface area contributed by atoms with E-state index in [-0.39, 0.29) is 17.3 Å².